The summed E-state index contributed by atoms with van der Waals surface area (Å²) in [5, 5.41) is 2.77. The maximum absolute atomic E-state index is 12.2. The molecule has 0 radical (unpaired) electrons. The van der Waals surface area contributed by atoms with E-state index in [1.807, 2.05) is 20.8 Å². The lowest BCUT2D eigenvalue weighted by molar-refractivity contribution is -0.123. The number of rotatable bonds is 10. The zero-order valence-corrected chi connectivity index (χ0v) is 19.1. The molecule has 0 aliphatic carbocycles. The Kier molecular flexibility index (Phi) is 13.1. The molecule has 0 saturated carbocycles. The summed E-state index contributed by atoms with van der Waals surface area (Å²) in [6.45, 7) is 9.70. The largest absolute Gasteiger partial charge is 0.445 e. The summed E-state index contributed by atoms with van der Waals surface area (Å²) in [7, 11) is 1.48. The molecular weight excluding hydrogens is 384 g/mol. The highest BCUT2D eigenvalue weighted by Gasteiger charge is 2.28. The second-order valence-corrected chi connectivity index (χ2v) is 7.19. The lowest BCUT2D eigenvalue weighted by Gasteiger charge is -2.27. The molecule has 0 unspecified atom stereocenters. The van der Waals surface area contributed by atoms with Gasteiger partial charge in [0, 0.05) is 12.7 Å². The number of likely N-dealkylation sites (N-methyl/N-ethyl adjacent to an activating group) is 1. The Morgan fingerprint density at radius 2 is 1.70 bits per heavy atom. The Hall–Kier alpha value is -2.61. The molecule has 0 aliphatic rings. The molecule has 0 saturated heterocycles. The average Bonchev–Trinajstić information content (AvgIpc) is 2.72. The van der Waals surface area contributed by atoms with Crippen molar-refractivity contribution in [1.82, 2.24) is 4.90 Å². The van der Waals surface area contributed by atoms with Crippen LogP contribution in [0.4, 0.5) is 10.5 Å². The lowest BCUT2D eigenvalue weighted by Crippen LogP contribution is -2.48. The Bertz CT molecular complexity index is 662. The summed E-state index contributed by atoms with van der Waals surface area (Å²) in [5.74, 6) is -0.922. The average molecular weight is 423 g/mol. The second kappa shape index (κ2) is 14.4. The Morgan fingerprint density at radius 1 is 1.13 bits per heavy atom. The van der Waals surface area contributed by atoms with Gasteiger partial charge in [-0.3, -0.25) is 14.5 Å². The third-order valence-corrected chi connectivity index (χ3v) is 4.42. The van der Waals surface area contributed by atoms with Crippen molar-refractivity contribution in [2.75, 3.05) is 12.4 Å². The molecule has 0 heterocycles. The quantitative estimate of drug-likeness (QED) is 0.533. The van der Waals surface area contributed by atoms with Gasteiger partial charge in [0.15, 0.2) is 0 Å². The van der Waals surface area contributed by atoms with Crippen molar-refractivity contribution in [2.45, 2.75) is 72.6 Å². The number of benzene rings is 1. The molecule has 0 fully saturated rings. The molecular formula is C22H38N4O4. The zero-order valence-electron chi connectivity index (χ0n) is 19.1. The summed E-state index contributed by atoms with van der Waals surface area (Å²) in [6.07, 6.45) is 1.91. The first-order chi connectivity index (χ1) is 14.2. The first kappa shape index (κ1) is 27.4. The van der Waals surface area contributed by atoms with E-state index >= 15 is 0 Å². The fourth-order valence-electron chi connectivity index (χ4n) is 2.80. The van der Waals surface area contributed by atoms with Gasteiger partial charge in [-0.15, -0.1) is 0 Å². The molecule has 0 bridgehead atoms. The molecule has 170 valence electrons. The van der Waals surface area contributed by atoms with E-state index in [4.69, 9.17) is 16.2 Å². The predicted octanol–water partition coefficient (Wildman–Crippen LogP) is 3.25. The van der Waals surface area contributed by atoms with Crippen LogP contribution in [0, 0.1) is 5.92 Å². The number of carbonyl (C=O) groups is 3. The van der Waals surface area contributed by atoms with Crippen molar-refractivity contribution >= 4 is 23.6 Å². The molecule has 5 N–H and O–H groups in total. The summed E-state index contributed by atoms with van der Waals surface area (Å²) >= 11 is 0. The number of anilines is 1. The van der Waals surface area contributed by atoms with E-state index in [0.29, 0.717) is 12.1 Å². The lowest BCUT2D eigenvalue weighted by atomic mass is 10.0. The molecule has 1 aromatic carbocycles. The van der Waals surface area contributed by atoms with Crippen LogP contribution in [0.1, 0.15) is 59.4 Å². The van der Waals surface area contributed by atoms with Gasteiger partial charge in [0.25, 0.3) is 0 Å². The number of primary amides is 1. The molecule has 0 aliphatic heterocycles. The summed E-state index contributed by atoms with van der Waals surface area (Å²) in [6, 6.07) is 5.66. The number of unbranched alkanes of at least 4 members (excludes halogenated alkanes) is 1. The van der Waals surface area contributed by atoms with Crippen molar-refractivity contribution in [2.24, 2.45) is 17.4 Å². The Morgan fingerprint density at radius 3 is 2.17 bits per heavy atom. The van der Waals surface area contributed by atoms with Crippen LogP contribution in [0.15, 0.2) is 24.3 Å². The van der Waals surface area contributed by atoms with Crippen molar-refractivity contribution < 1.29 is 19.1 Å². The molecule has 1 aromatic rings. The van der Waals surface area contributed by atoms with Gasteiger partial charge in [-0.25, -0.2) is 4.79 Å². The molecule has 0 aromatic heterocycles. The number of hydrogen-bond donors (Lipinski definition) is 3. The molecule has 8 heteroatoms. The number of nitrogens with one attached hydrogen (secondary N) is 1. The molecule has 1 rings (SSSR count). The van der Waals surface area contributed by atoms with Crippen LogP contribution in [0.5, 0.6) is 0 Å². The number of ether oxygens (including phenoxy) is 1. The van der Waals surface area contributed by atoms with Crippen LogP contribution < -0.4 is 16.8 Å². The van der Waals surface area contributed by atoms with E-state index in [-0.39, 0.29) is 18.4 Å². The monoisotopic (exact) mass is 422 g/mol. The third kappa shape index (κ3) is 9.26. The van der Waals surface area contributed by atoms with Gasteiger partial charge < -0.3 is 21.5 Å². The minimum absolute atomic E-state index is 0.0387. The smallest absolute Gasteiger partial charge is 0.410 e. The number of nitrogens with two attached hydrogens (primary N) is 2. The molecule has 8 nitrogen and oxygen atoms in total. The van der Waals surface area contributed by atoms with Crippen LogP contribution >= 0.6 is 0 Å². The number of hydrogen-bond acceptors (Lipinski definition) is 5. The third-order valence-electron chi connectivity index (χ3n) is 4.42. The molecule has 30 heavy (non-hydrogen) atoms. The van der Waals surface area contributed by atoms with Crippen LogP contribution in [0.25, 0.3) is 0 Å². The van der Waals surface area contributed by atoms with Crippen molar-refractivity contribution in [3.05, 3.63) is 29.8 Å². The summed E-state index contributed by atoms with van der Waals surface area (Å²) in [4.78, 5) is 36.9. The zero-order chi connectivity index (χ0) is 23.3. The highest BCUT2D eigenvalue weighted by Crippen LogP contribution is 2.14. The van der Waals surface area contributed by atoms with Gasteiger partial charge in [0.05, 0.1) is 6.04 Å². The Labute approximate surface area is 180 Å². The van der Waals surface area contributed by atoms with Gasteiger partial charge in [-0.2, -0.15) is 0 Å². The van der Waals surface area contributed by atoms with E-state index in [2.05, 4.69) is 5.32 Å². The van der Waals surface area contributed by atoms with Crippen molar-refractivity contribution in [3.8, 4) is 0 Å². The minimum Gasteiger partial charge on any atom is -0.445 e. The Balaban J connectivity index is 0.00000407. The first-order valence-corrected chi connectivity index (χ1v) is 10.5. The number of carbonyl (C=O) groups excluding carboxylic acids is 3. The standard InChI is InChI=1S/C20H32N4O4.C2H6/c1-5-6-7-16(21)19(26)23-15-10-8-14(9-11-15)12-28-20(27)24(4)17(13(2)3)18(22)25;1-2/h8-11,13,16-17H,5-7,12,21H2,1-4H3,(H2,22,25)(H,23,26);1-2H3/t16-,17-;/m0./s1. The highest BCUT2D eigenvalue weighted by molar-refractivity contribution is 5.94. The normalized spacial score (nSPS) is 12.3. The minimum atomic E-state index is -0.734. The fraction of sp³-hybridized carbons (Fsp3) is 0.591. The maximum Gasteiger partial charge on any atom is 0.410 e. The summed E-state index contributed by atoms with van der Waals surface area (Å²) < 4.78 is 5.25. The van der Waals surface area contributed by atoms with Crippen molar-refractivity contribution in [3.63, 3.8) is 0 Å². The predicted molar refractivity (Wildman–Crippen MR) is 120 cm³/mol. The van der Waals surface area contributed by atoms with Gasteiger partial charge in [-0.05, 0) is 30.0 Å². The van der Waals surface area contributed by atoms with Crippen LogP contribution in [0.3, 0.4) is 0 Å². The number of amides is 3. The second-order valence-electron chi connectivity index (χ2n) is 7.19. The van der Waals surface area contributed by atoms with E-state index in [1.165, 1.54) is 11.9 Å². The van der Waals surface area contributed by atoms with E-state index in [1.54, 1.807) is 38.1 Å². The van der Waals surface area contributed by atoms with E-state index in [9.17, 15) is 14.4 Å². The van der Waals surface area contributed by atoms with Gasteiger partial charge in [0.1, 0.15) is 12.6 Å². The van der Waals surface area contributed by atoms with Crippen molar-refractivity contribution in [1.29, 1.82) is 0 Å². The van der Waals surface area contributed by atoms with Crippen LogP contribution in [-0.4, -0.2) is 41.9 Å². The molecule has 0 spiro atoms. The first-order valence-electron chi connectivity index (χ1n) is 10.5. The fourth-order valence-corrected chi connectivity index (χ4v) is 2.80. The SMILES string of the molecule is CC.CCCC[C@H](N)C(=O)Nc1ccc(COC(=O)N(C)[C@H](C(N)=O)C(C)C)cc1. The van der Waals surface area contributed by atoms with Gasteiger partial charge in [0.2, 0.25) is 11.8 Å². The van der Waals surface area contributed by atoms with Crippen LogP contribution in [-0.2, 0) is 20.9 Å². The number of nitrogens with zero attached hydrogens (tertiary/aromatic N) is 1. The van der Waals surface area contributed by atoms with Crippen LogP contribution in [0.2, 0.25) is 0 Å². The molecule has 3 amide bonds. The molecule has 2 atom stereocenters. The van der Waals surface area contributed by atoms with Gasteiger partial charge in [-0.1, -0.05) is 59.6 Å². The van der Waals surface area contributed by atoms with E-state index in [0.717, 1.165) is 18.4 Å². The topological polar surface area (TPSA) is 128 Å². The summed E-state index contributed by atoms with van der Waals surface area (Å²) in [5.41, 5.74) is 12.6. The maximum atomic E-state index is 12.2. The van der Waals surface area contributed by atoms with Gasteiger partial charge >= 0.3 is 6.09 Å². The highest BCUT2D eigenvalue weighted by atomic mass is 16.6. The van der Waals surface area contributed by atoms with E-state index < -0.39 is 24.1 Å².